The zero-order valence-corrected chi connectivity index (χ0v) is 21.8. The summed E-state index contributed by atoms with van der Waals surface area (Å²) in [5.41, 5.74) is 8.25. The number of aromatic nitrogens is 2. The molecule has 0 fully saturated rings. The fourth-order valence-corrected chi connectivity index (χ4v) is 7.29. The Morgan fingerprint density at radius 3 is 2.42 bits per heavy atom. The summed E-state index contributed by atoms with van der Waals surface area (Å²) < 4.78 is 2.73. The molecule has 3 heteroatoms. The molecule has 0 bridgehead atoms. The van der Waals surface area contributed by atoms with Gasteiger partial charge in [0.05, 0.1) is 16.7 Å². The van der Waals surface area contributed by atoms with Gasteiger partial charge in [-0.3, -0.25) is 4.98 Å². The number of benzene rings is 5. The van der Waals surface area contributed by atoms with Crippen molar-refractivity contribution < 1.29 is 0 Å². The highest BCUT2D eigenvalue weighted by atomic mass is 32.1. The maximum Gasteiger partial charge on any atom is 0.0974 e. The van der Waals surface area contributed by atoms with E-state index in [0.29, 0.717) is 0 Å². The number of hydrogen-bond donors (Lipinski definition) is 0. The van der Waals surface area contributed by atoms with E-state index in [-0.39, 0.29) is 0 Å². The Morgan fingerprint density at radius 1 is 0.711 bits per heavy atom. The second kappa shape index (κ2) is 8.34. The van der Waals surface area contributed by atoms with Crippen LogP contribution in [0.25, 0.3) is 63.9 Å². The van der Waals surface area contributed by atoms with E-state index in [1.807, 2.05) is 24.5 Å². The molecule has 0 aliphatic heterocycles. The van der Waals surface area contributed by atoms with E-state index in [9.17, 15) is 0 Å². The molecule has 1 aliphatic carbocycles. The van der Waals surface area contributed by atoms with Crippen LogP contribution in [0.2, 0.25) is 0 Å². The lowest BCUT2D eigenvalue weighted by Crippen LogP contribution is -1.95. The molecule has 0 saturated carbocycles. The van der Waals surface area contributed by atoms with Gasteiger partial charge in [-0.1, -0.05) is 84.9 Å². The maximum absolute atomic E-state index is 4.87. The summed E-state index contributed by atoms with van der Waals surface area (Å²) in [5, 5.41) is 7.51. The summed E-state index contributed by atoms with van der Waals surface area (Å²) in [4.78, 5) is 9.68. The van der Waals surface area contributed by atoms with Crippen molar-refractivity contribution in [2.24, 2.45) is 0 Å². The highest BCUT2D eigenvalue weighted by Gasteiger charge is 2.16. The predicted octanol–water partition coefficient (Wildman–Crippen LogP) is 9.87. The number of fused-ring (bicyclic) bond motifs is 9. The number of allylic oxidation sites excluding steroid dienone is 4. The van der Waals surface area contributed by atoms with Crippen LogP contribution >= 0.6 is 11.3 Å². The standard InChI is InChI=1S/C35H24N2S/c1-21-20-36-33-29-17-16-23(19-31(29)26-10-2-3-12-28(26)34(33)37-21)22-8-6-9-24(18-22)25-13-7-14-30-27-11-4-5-15-32(27)38-35(25)30/h2-5,7,9-20H,6,8H2,1H3. The summed E-state index contributed by atoms with van der Waals surface area (Å²) >= 11 is 1.90. The predicted molar refractivity (Wildman–Crippen MR) is 164 cm³/mol. The molecule has 0 unspecified atom stereocenters. The van der Waals surface area contributed by atoms with E-state index in [0.717, 1.165) is 40.3 Å². The Balaban J connectivity index is 1.31. The summed E-state index contributed by atoms with van der Waals surface area (Å²) in [7, 11) is 0. The monoisotopic (exact) mass is 504 g/mol. The third-order valence-electron chi connectivity index (χ3n) is 7.83. The molecule has 2 aromatic heterocycles. The van der Waals surface area contributed by atoms with E-state index >= 15 is 0 Å². The second-order valence-electron chi connectivity index (χ2n) is 10.2. The molecule has 180 valence electrons. The number of thiophene rings is 1. The van der Waals surface area contributed by atoms with Gasteiger partial charge in [0, 0.05) is 37.1 Å². The van der Waals surface area contributed by atoms with Crippen molar-refractivity contribution in [3.63, 3.8) is 0 Å². The van der Waals surface area contributed by atoms with Gasteiger partial charge < -0.3 is 0 Å². The lowest BCUT2D eigenvalue weighted by Gasteiger charge is -2.17. The van der Waals surface area contributed by atoms with Crippen LogP contribution in [-0.4, -0.2) is 9.97 Å². The van der Waals surface area contributed by atoms with Crippen LogP contribution in [0, 0.1) is 6.92 Å². The molecule has 0 spiro atoms. The van der Waals surface area contributed by atoms with Gasteiger partial charge in [0.2, 0.25) is 0 Å². The first kappa shape index (κ1) is 21.7. The third kappa shape index (κ3) is 3.25. The van der Waals surface area contributed by atoms with Gasteiger partial charge in [-0.2, -0.15) is 0 Å². The van der Waals surface area contributed by atoms with Crippen molar-refractivity contribution in [1.29, 1.82) is 0 Å². The van der Waals surface area contributed by atoms with Gasteiger partial charge in [-0.05, 0) is 64.9 Å². The minimum Gasteiger partial charge on any atom is -0.252 e. The molecular formula is C35H24N2S. The average molecular weight is 505 g/mol. The molecule has 2 nitrogen and oxygen atoms in total. The van der Waals surface area contributed by atoms with Crippen LogP contribution in [0.4, 0.5) is 0 Å². The first-order valence-electron chi connectivity index (χ1n) is 13.1. The molecule has 38 heavy (non-hydrogen) atoms. The van der Waals surface area contributed by atoms with Crippen molar-refractivity contribution in [3.8, 4) is 0 Å². The number of rotatable bonds is 2. The fraction of sp³-hybridized carbons (Fsp3) is 0.0857. The van der Waals surface area contributed by atoms with Gasteiger partial charge in [-0.25, -0.2) is 4.98 Å². The largest absolute Gasteiger partial charge is 0.252 e. The summed E-state index contributed by atoms with van der Waals surface area (Å²) in [5.74, 6) is 0. The molecule has 0 amide bonds. The van der Waals surface area contributed by atoms with Gasteiger partial charge in [0.25, 0.3) is 0 Å². The maximum atomic E-state index is 4.87. The zero-order valence-electron chi connectivity index (χ0n) is 21.0. The Hall–Kier alpha value is -4.34. The summed E-state index contributed by atoms with van der Waals surface area (Å²) in [6.45, 7) is 2.01. The van der Waals surface area contributed by atoms with Crippen molar-refractivity contribution in [2.75, 3.05) is 0 Å². The quantitative estimate of drug-likeness (QED) is 0.219. The normalized spacial score (nSPS) is 14.0. The molecule has 5 aromatic carbocycles. The Labute approximate surface area is 224 Å². The zero-order chi connectivity index (χ0) is 25.2. The van der Waals surface area contributed by atoms with Crippen LogP contribution in [0.3, 0.4) is 0 Å². The van der Waals surface area contributed by atoms with Crippen LogP contribution in [-0.2, 0) is 0 Å². The first-order valence-corrected chi connectivity index (χ1v) is 14.0. The van der Waals surface area contributed by atoms with Crippen LogP contribution < -0.4 is 0 Å². The van der Waals surface area contributed by atoms with E-state index in [1.54, 1.807) is 0 Å². The van der Waals surface area contributed by atoms with Crippen LogP contribution in [0.1, 0.15) is 29.7 Å². The molecule has 0 atom stereocenters. The van der Waals surface area contributed by atoms with E-state index in [2.05, 4.69) is 97.1 Å². The lowest BCUT2D eigenvalue weighted by atomic mass is 9.88. The number of nitrogens with zero attached hydrogens (tertiary/aromatic N) is 2. The van der Waals surface area contributed by atoms with Gasteiger partial charge in [0.1, 0.15) is 0 Å². The minimum atomic E-state index is 0.943. The smallest absolute Gasteiger partial charge is 0.0974 e. The fourth-order valence-electron chi connectivity index (χ4n) is 6.05. The lowest BCUT2D eigenvalue weighted by molar-refractivity contribution is 1.06. The van der Waals surface area contributed by atoms with Gasteiger partial charge >= 0.3 is 0 Å². The Morgan fingerprint density at radius 2 is 1.50 bits per heavy atom. The molecule has 7 aromatic rings. The molecule has 0 N–H and O–H groups in total. The Bertz CT molecular complexity index is 2130. The summed E-state index contributed by atoms with van der Waals surface area (Å²) in [6, 6.07) is 31.0. The first-order chi connectivity index (χ1) is 18.7. The van der Waals surface area contributed by atoms with Crippen molar-refractivity contribution in [3.05, 3.63) is 120 Å². The van der Waals surface area contributed by atoms with E-state index in [4.69, 9.17) is 9.97 Å². The molecule has 1 aliphatic rings. The van der Waals surface area contributed by atoms with Gasteiger partial charge in [-0.15, -0.1) is 11.3 Å². The molecule has 8 rings (SSSR count). The van der Waals surface area contributed by atoms with Crippen molar-refractivity contribution in [2.45, 2.75) is 19.8 Å². The molecular weight excluding hydrogens is 480 g/mol. The minimum absolute atomic E-state index is 0.943. The number of aryl methyl sites for hydroxylation is 1. The highest BCUT2D eigenvalue weighted by Crippen LogP contribution is 2.41. The topological polar surface area (TPSA) is 25.8 Å². The highest BCUT2D eigenvalue weighted by molar-refractivity contribution is 7.26. The average Bonchev–Trinajstić information content (AvgIpc) is 3.36. The summed E-state index contributed by atoms with van der Waals surface area (Å²) in [6.07, 6.45) is 8.78. The number of hydrogen-bond acceptors (Lipinski definition) is 3. The van der Waals surface area contributed by atoms with E-state index in [1.165, 1.54) is 53.2 Å². The van der Waals surface area contributed by atoms with Crippen LogP contribution in [0.5, 0.6) is 0 Å². The van der Waals surface area contributed by atoms with Crippen LogP contribution in [0.15, 0.2) is 103 Å². The third-order valence-corrected chi connectivity index (χ3v) is 9.05. The molecule has 0 saturated heterocycles. The molecule has 0 radical (unpaired) electrons. The Kier molecular flexibility index (Phi) is 4.77. The molecule has 2 heterocycles. The van der Waals surface area contributed by atoms with E-state index < -0.39 is 0 Å². The van der Waals surface area contributed by atoms with Crippen molar-refractivity contribution >= 4 is 75.2 Å². The van der Waals surface area contributed by atoms with Gasteiger partial charge in [0.15, 0.2) is 0 Å². The SMILES string of the molecule is Cc1cnc2c3ccc(C4=CC(c5cccc6c5sc5ccccc56)=CCC4)cc3c3ccccc3c2n1. The second-order valence-corrected chi connectivity index (χ2v) is 11.2. The van der Waals surface area contributed by atoms with Crippen molar-refractivity contribution in [1.82, 2.24) is 9.97 Å².